The number of carboxylic acids is 1. The Morgan fingerprint density at radius 2 is 2.03 bits per heavy atom. The second kappa shape index (κ2) is 10.9. The van der Waals surface area contributed by atoms with Gasteiger partial charge in [0, 0.05) is 40.0 Å². The van der Waals surface area contributed by atoms with Gasteiger partial charge in [0.1, 0.15) is 17.9 Å². The van der Waals surface area contributed by atoms with Crippen LogP contribution in [0.25, 0.3) is 10.9 Å². The molecule has 182 valence electrons. The summed E-state index contributed by atoms with van der Waals surface area (Å²) in [5, 5.41) is 11.5. The number of pyridine rings is 1. The molecule has 1 fully saturated rings. The highest BCUT2D eigenvalue weighted by atomic mass is 35.5. The number of fused-ring (bicyclic) bond motifs is 1. The molecule has 5 rings (SSSR count). The molecule has 8 heteroatoms. The smallest absolute Gasteiger partial charge is 0.339 e. The van der Waals surface area contributed by atoms with Gasteiger partial charge in [0.25, 0.3) is 0 Å². The minimum atomic E-state index is -0.964. The van der Waals surface area contributed by atoms with E-state index in [9.17, 15) is 9.90 Å². The van der Waals surface area contributed by atoms with E-state index in [1.54, 1.807) is 36.0 Å². The predicted octanol–water partition coefficient (Wildman–Crippen LogP) is 5.75. The Hall–Kier alpha value is -2.74. The third-order valence-corrected chi connectivity index (χ3v) is 8.21. The van der Waals surface area contributed by atoms with Crippen LogP contribution < -0.4 is 4.74 Å². The van der Waals surface area contributed by atoms with Gasteiger partial charge < -0.3 is 14.4 Å². The summed E-state index contributed by atoms with van der Waals surface area (Å²) in [6, 6.07) is 8.94. The van der Waals surface area contributed by atoms with Gasteiger partial charge in [0.05, 0.1) is 18.3 Å². The van der Waals surface area contributed by atoms with Crippen molar-refractivity contribution in [2.24, 2.45) is 0 Å². The third-order valence-electron chi connectivity index (χ3n) is 6.70. The fourth-order valence-corrected chi connectivity index (χ4v) is 5.89. The van der Waals surface area contributed by atoms with Crippen LogP contribution in [-0.4, -0.2) is 57.5 Å². The van der Waals surface area contributed by atoms with Gasteiger partial charge in [0.15, 0.2) is 0 Å². The molecule has 0 amide bonds. The van der Waals surface area contributed by atoms with Crippen LogP contribution in [0.3, 0.4) is 0 Å². The lowest BCUT2D eigenvalue weighted by atomic mass is 9.89. The van der Waals surface area contributed by atoms with Crippen molar-refractivity contribution in [2.75, 3.05) is 32.0 Å². The first-order valence-electron chi connectivity index (χ1n) is 11.9. The fourth-order valence-electron chi connectivity index (χ4n) is 4.85. The van der Waals surface area contributed by atoms with E-state index in [-0.39, 0.29) is 5.56 Å². The number of likely N-dealkylation sites (tertiary alicyclic amines) is 1. The molecule has 0 bridgehead atoms. The maximum Gasteiger partial charge on any atom is 0.339 e. The van der Waals surface area contributed by atoms with E-state index < -0.39 is 5.97 Å². The van der Waals surface area contributed by atoms with Gasteiger partial charge in [-0.2, -0.15) is 0 Å². The summed E-state index contributed by atoms with van der Waals surface area (Å²) >= 11 is 7.92. The zero-order valence-corrected chi connectivity index (χ0v) is 21.0. The lowest BCUT2D eigenvalue weighted by Gasteiger charge is -2.31. The van der Waals surface area contributed by atoms with E-state index in [0.717, 1.165) is 49.8 Å². The monoisotopic (exact) mass is 509 g/mol. The third kappa shape index (κ3) is 5.58. The summed E-state index contributed by atoms with van der Waals surface area (Å²) in [5.41, 5.74) is 2.79. The van der Waals surface area contributed by atoms with Crippen LogP contribution in [0.15, 0.2) is 71.0 Å². The van der Waals surface area contributed by atoms with Gasteiger partial charge in [-0.15, -0.1) is 11.8 Å². The second-order valence-corrected chi connectivity index (χ2v) is 10.5. The normalized spacial score (nSPS) is 17.3. The van der Waals surface area contributed by atoms with E-state index in [0.29, 0.717) is 18.3 Å². The number of hydrogen-bond acceptors (Lipinski definition) is 5. The molecular weight excluding hydrogens is 482 g/mol. The molecule has 0 saturated carbocycles. The Morgan fingerprint density at radius 1 is 1.20 bits per heavy atom. The van der Waals surface area contributed by atoms with Crippen molar-refractivity contribution in [3.63, 3.8) is 0 Å². The van der Waals surface area contributed by atoms with Crippen LogP contribution >= 0.6 is 23.4 Å². The standard InChI is InChI=1S/C27H28ClN3O3S/c28-20-5-6-21(35-18-20)16-31-17-24(22-7-10-29-15-25(22)31)19-8-11-30(12-9-19)13-14-34-26-4-2-1-3-23(26)27(32)33/h1-7,10,15,17,19H,8-9,11-14,16,18H2,(H,32,33). The molecular formula is C27H28ClN3O3S. The maximum atomic E-state index is 11.4. The second-order valence-electron chi connectivity index (χ2n) is 8.91. The van der Waals surface area contributed by atoms with E-state index in [2.05, 4.69) is 32.8 Å². The summed E-state index contributed by atoms with van der Waals surface area (Å²) in [6.45, 7) is 4.09. The van der Waals surface area contributed by atoms with Gasteiger partial charge in [0.2, 0.25) is 0 Å². The first-order chi connectivity index (χ1) is 17.1. The Labute approximate surface area is 214 Å². The van der Waals surface area contributed by atoms with Crippen LogP contribution in [0, 0.1) is 0 Å². The molecule has 2 aliphatic heterocycles. The number of ether oxygens (including phenoxy) is 1. The van der Waals surface area contributed by atoms with Crippen molar-refractivity contribution in [2.45, 2.75) is 25.3 Å². The highest BCUT2D eigenvalue weighted by molar-refractivity contribution is 8.03. The summed E-state index contributed by atoms with van der Waals surface area (Å²) in [7, 11) is 0. The van der Waals surface area contributed by atoms with Crippen LogP contribution in [-0.2, 0) is 6.54 Å². The van der Waals surface area contributed by atoms with E-state index in [1.165, 1.54) is 21.4 Å². The molecule has 0 spiro atoms. The number of rotatable bonds is 8. The number of nitrogens with zero attached hydrogens (tertiary/aromatic N) is 3. The number of carbonyl (C=O) groups is 1. The maximum absolute atomic E-state index is 11.4. The highest BCUT2D eigenvalue weighted by Gasteiger charge is 2.24. The van der Waals surface area contributed by atoms with Crippen molar-refractivity contribution >= 4 is 40.2 Å². The largest absolute Gasteiger partial charge is 0.491 e. The number of piperidine rings is 1. The minimum absolute atomic E-state index is 0.207. The van der Waals surface area contributed by atoms with E-state index >= 15 is 0 Å². The van der Waals surface area contributed by atoms with Crippen molar-refractivity contribution < 1.29 is 14.6 Å². The van der Waals surface area contributed by atoms with Gasteiger partial charge >= 0.3 is 5.97 Å². The summed E-state index contributed by atoms with van der Waals surface area (Å²) in [6.07, 6.45) is 12.5. The molecule has 0 radical (unpaired) electrons. The molecule has 3 aromatic rings. The molecule has 2 aromatic heterocycles. The van der Waals surface area contributed by atoms with Crippen LogP contribution in [0.2, 0.25) is 0 Å². The van der Waals surface area contributed by atoms with Crippen LogP contribution in [0.4, 0.5) is 0 Å². The quantitative estimate of drug-likeness (QED) is 0.417. The lowest BCUT2D eigenvalue weighted by molar-refractivity contribution is 0.0691. The topological polar surface area (TPSA) is 67.6 Å². The molecule has 1 N–H and O–H groups in total. The van der Waals surface area contributed by atoms with Crippen molar-refractivity contribution in [1.29, 1.82) is 0 Å². The number of halogens is 1. The van der Waals surface area contributed by atoms with E-state index in [4.69, 9.17) is 16.3 Å². The SMILES string of the molecule is O=C(O)c1ccccc1OCCN1CCC(c2cn(CC3=CC=C(Cl)CS3)c3cnccc23)CC1. The fraction of sp³-hybridized carbons (Fsp3) is 0.333. The average Bonchev–Trinajstić information content (AvgIpc) is 3.24. The summed E-state index contributed by atoms with van der Waals surface area (Å²) in [4.78, 5) is 19.5. The Kier molecular flexibility index (Phi) is 7.46. The zero-order chi connectivity index (χ0) is 24.2. The lowest BCUT2D eigenvalue weighted by Crippen LogP contribution is -2.35. The zero-order valence-electron chi connectivity index (χ0n) is 19.4. The number of carboxylic acid groups (broad SMARTS) is 1. The van der Waals surface area contributed by atoms with Crippen molar-refractivity contribution in [3.05, 3.63) is 82.1 Å². The molecule has 2 aliphatic rings. The molecule has 35 heavy (non-hydrogen) atoms. The molecule has 0 aliphatic carbocycles. The molecule has 6 nitrogen and oxygen atoms in total. The highest BCUT2D eigenvalue weighted by Crippen LogP contribution is 2.36. The Balaban J connectivity index is 1.21. The number of aromatic nitrogens is 2. The van der Waals surface area contributed by atoms with Gasteiger partial charge in [-0.1, -0.05) is 23.7 Å². The predicted molar refractivity (Wildman–Crippen MR) is 142 cm³/mol. The molecule has 0 unspecified atom stereocenters. The summed E-state index contributed by atoms with van der Waals surface area (Å²) < 4.78 is 8.12. The number of para-hydroxylation sites is 1. The summed E-state index contributed by atoms with van der Waals surface area (Å²) in [5.74, 6) is 0.810. The van der Waals surface area contributed by atoms with Crippen LogP contribution in [0.1, 0.15) is 34.7 Å². The number of allylic oxidation sites excluding steroid dienone is 3. The minimum Gasteiger partial charge on any atom is -0.491 e. The Morgan fingerprint density at radius 3 is 2.80 bits per heavy atom. The Bertz CT molecular complexity index is 1280. The first-order valence-corrected chi connectivity index (χ1v) is 13.2. The molecule has 1 saturated heterocycles. The number of aromatic carboxylic acids is 1. The number of thioether (sulfide) groups is 1. The van der Waals surface area contributed by atoms with Gasteiger partial charge in [-0.3, -0.25) is 9.88 Å². The molecule has 0 atom stereocenters. The number of hydrogen-bond donors (Lipinski definition) is 1. The van der Waals surface area contributed by atoms with Crippen molar-refractivity contribution in [3.8, 4) is 5.75 Å². The molecule has 1 aromatic carbocycles. The van der Waals surface area contributed by atoms with Gasteiger partial charge in [-0.25, -0.2) is 4.79 Å². The number of benzene rings is 1. The van der Waals surface area contributed by atoms with Gasteiger partial charge in [-0.05, 0) is 67.8 Å². The first kappa shape index (κ1) is 24.0. The van der Waals surface area contributed by atoms with Crippen molar-refractivity contribution in [1.82, 2.24) is 14.5 Å². The average molecular weight is 510 g/mol. The van der Waals surface area contributed by atoms with Crippen LogP contribution in [0.5, 0.6) is 5.75 Å². The molecule has 4 heterocycles. The van der Waals surface area contributed by atoms with E-state index in [1.807, 2.05) is 18.5 Å².